The summed E-state index contributed by atoms with van der Waals surface area (Å²) in [5.41, 5.74) is 6.12. The minimum Gasteiger partial charge on any atom is -0.391 e. The molecule has 1 saturated heterocycles. The van der Waals surface area contributed by atoms with Gasteiger partial charge in [0, 0.05) is 11.8 Å². The first-order chi connectivity index (χ1) is 5.31. The fraction of sp³-hybridized carbons (Fsp3) is 0.500. The lowest BCUT2D eigenvalue weighted by Gasteiger charge is -2.00. The molecule has 11 heavy (non-hydrogen) atoms. The van der Waals surface area contributed by atoms with E-state index in [0.717, 1.165) is 0 Å². The summed E-state index contributed by atoms with van der Waals surface area (Å²) >= 11 is 0. The Labute approximate surface area is 63.6 Å². The highest BCUT2D eigenvalue weighted by Gasteiger charge is 2.39. The minimum atomic E-state index is -0.157. The number of nitrogens with one attached hydrogen (secondary N) is 1. The van der Waals surface area contributed by atoms with Crippen LogP contribution in [0.5, 0.6) is 0 Å². The molecule has 2 heterocycles. The maximum atomic E-state index is 8.78. The van der Waals surface area contributed by atoms with Crippen molar-refractivity contribution in [2.75, 3.05) is 6.61 Å². The number of hydrogen-bond donors (Lipinski definition) is 3. The second-order valence-corrected chi connectivity index (χ2v) is 2.46. The summed E-state index contributed by atoms with van der Waals surface area (Å²) in [7, 11) is 0. The van der Waals surface area contributed by atoms with Crippen molar-refractivity contribution in [1.29, 1.82) is 0 Å². The molecule has 5 nitrogen and oxygen atoms in total. The van der Waals surface area contributed by atoms with Crippen LogP contribution in [0.25, 0.3) is 0 Å². The van der Waals surface area contributed by atoms with Crippen molar-refractivity contribution in [3.63, 3.8) is 0 Å². The van der Waals surface area contributed by atoms with Crippen molar-refractivity contribution >= 4 is 5.84 Å². The molecule has 2 aliphatic rings. The number of ether oxygens (including phenoxy) is 1. The summed E-state index contributed by atoms with van der Waals surface area (Å²) in [5, 5.41) is 11.7. The zero-order valence-electron chi connectivity index (χ0n) is 5.82. The van der Waals surface area contributed by atoms with Crippen LogP contribution in [0.4, 0.5) is 0 Å². The number of nitrogens with two attached hydrogens (primary N) is 1. The standard InChI is InChI=1S/C6H9N3O2/c7-4-3(2-10)1-8-5-6(9-4)11-5/h1,5-6,8,10H,2H2,(H2,7,9). The Balaban J connectivity index is 2.20. The minimum absolute atomic E-state index is 0.0439. The first-order valence-electron chi connectivity index (χ1n) is 3.36. The maximum Gasteiger partial charge on any atom is 0.197 e. The van der Waals surface area contributed by atoms with E-state index in [1.54, 1.807) is 6.20 Å². The van der Waals surface area contributed by atoms with E-state index < -0.39 is 0 Å². The number of aliphatic imine (C=N–C) groups is 1. The van der Waals surface area contributed by atoms with E-state index in [0.29, 0.717) is 11.4 Å². The lowest BCUT2D eigenvalue weighted by molar-refractivity contribution is 0.332. The molecular weight excluding hydrogens is 146 g/mol. The Morgan fingerprint density at radius 1 is 1.82 bits per heavy atom. The number of nitrogens with zero attached hydrogens (tertiary/aromatic N) is 1. The number of fused-ring (bicyclic) bond motifs is 1. The summed E-state index contributed by atoms with van der Waals surface area (Å²) in [5.74, 6) is 0.352. The molecule has 1 fully saturated rings. The average Bonchev–Trinajstić information content (AvgIpc) is 2.67. The summed E-state index contributed by atoms with van der Waals surface area (Å²) in [6.07, 6.45) is 1.43. The van der Waals surface area contributed by atoms with E-state index in [4.69, 9.17) is 15.6 Å². The molecular formula is C6H9N3O2. The molecule has 0 saturated carbocycles. The van der Waals surface area contributed by atoms with Crippen LogP contribution < -0.4 is 11.1 Å². The van der Waals surface area contributed by atoms with Crippen molar-refractivity contribution in [2.24, 2.45) is 10.7 Å². The second-order valence-electron chi connectivity index (χ2n) is 2.46. The van der Waals surface area contributed by atoms with Gasteiger partial charge in [-0.05, 0) is 0 Å². The van der Waals surface area contributed by atoms with Crippen LogP contribution in [0.3, 0.4) is 0 Å². The zero-order chi connectivity index (χ0) is 7.84. The largest absolute Gasteiger partial charge is 0.391 e. The van der Waals surface area contributed by atoms with Crippen LogP contribution >= 0.6 is 0 Å². The predicted octanol–water partition coefficient (Wildman–Crippen LogP) is -1.49. The average molecular weight is 155 g/mol. The normalized spacial score (nSPS) is 34.3. The summed E-state index contributed by atoms with van der Waals surface area (Å²) < 4.78 is 5.02. The molecule has 2 unspecified atom stereocenters. The third-order valence-corrected chi connectivity index (χ3v) is 1.66. The van der Waals surface area contributed by atoms with Crippen molar-refractivity contribution in [3.8, 4) is 0 Å². The smallest absolute Gasteiger partial charge is 0.197 e. The van der Waals surface area contributed by atoms with Gasteiger partial charge in [-0.25, -0.2) is 4.99 Å². The summed E-state index contributed by atoms with van der Waals surface area (Å²) in [4.78, 5) is 3.98. The molecule has 0 bridgehead atoms. The number of aliphatic hydroxyl groups is 1. The fourth-order valence-electron chi connectivity index (χ4n) is 0.928. The van der Waals surface area contributed by atoms with E-state index >= 15 is 0 Å². The molecule has 0 aliphatic carbocycles. The highest BCUT2D eigenvalue weighted by atomic mass is 16.6. The molecule has 0 aromatic heterocycles. The van der Waals surface area contributed by atoms with E-state index in [2.05, 4.69) is 10.3 Å². The third-order valence-electron chi connectivity index (χ3n) is 1.66. The van der Waals surface area contributed by atoms with Gasteiger partial charge in [0.2, 0.25) is 0 Å². The Morgan fingerprint density at radius 3 is 3.36 bits per heavy atom. The number of amidine groups is 1. The van der Waals surface area contributed by atoms with E-state index in [1.165, 1.54) is 0 Å². The van der Waals surface area contributed by atoms with Crippen LogP contribution in [0, 0.1) is 0 Å². The highest BCUT2D eigenvalue weighted by molar-refractivity contribution is 5.97. The van der Waals surface area contributed by atoms with Gasteiger partial charge in [-0.3, -0.25) is 0 Å². The van der Waals surface area contributed by atoms with E-state index in [1.807, 2.05) is 0 Å². The van der Waals surface area contributed by atoms with Crippen molar-refractivity contribution in [1.82, 2.24) is 5.32 Å². The molecule has 2 rings (SSSR count). The fourth-order valence-corrected chi connectivity index (χ4v) is 0.928. The van der Waals surface area contributed by atoms with Gasteiger partial charge in [-0.15, -0.1) is 0 Å². The molecule has 0 amide bonds. The van der Waals surface area contributed by atoms with E-state index in [-0.39, 0.29) is 19.1 Å². The number of epoxide rings is 1. The van der Waals surface area contributed by atoms with E-state index in [9.17, 15) is 0 Å². The van der Waals surface area contributed by atoms with Gasteiger partial charge in [0.1, 0.15) is 5.84 Å². The quantitative estimate of drug-likeness (QED) is 0.403. The molecule has 0 aromatic rings. The van der Waals surface area contributed by atoms with Gasteiger partial charge < -0.3 is 20.9 Å². The SMILES string of the molecule is NC1=NC2OC2NC=C1CO. The van der Waals surface area contributed by atoms with Crippen molar-refractivity contribution in [3.05, 3.63) is 11.8 Å². The van der Waals surface area contributed by atoms with Crippen LogP contribution in [0.2, 0.25) is 0 Å². The second kappa shape index (κ2) is 2.21. The first-order valence-corrected chi connectivity index (χ1v) is 3.36. The van der Waals surface area contributed by atoms with Gasteiger partial charge in [-0.1, -0.05) is 0 Å². The third kappa shape index (κ3) is 1.08. The monoisotopic (exact) mass is 155 g/mol. The van der Waals surface area contributed by atoms with Crippen LogP contribution in [-0.4, -0.2) is 30.0 Å². The zero-order valence-corrected chi connectivity index (χ0v) is 5.82. The molecule has 2 atom stereocenters. The summed E-state index contributed by atoms with van der Waals surface area (Å²) in [6, 6.07) is 0. The Morgan fingerprint density at radius 2 is 2.64 bits per heavy atom. The molecule has 4 N–H and O–H groups in total. The topological polar surface area (TPSA) is 83.2 Å². The first kappa shape index (κ1) is 6.63. The highest BCUT2D eigenvalue weighted by Crippen LogP contribution is 2.22. The van der Waals surface area contributed by atoms with Gasteiger partial charge in [0.05, 0.1) is 6.61 Å². The lowest BCUT2D eigenvalue weighted by Crippen LogP contribution is -2.19. The maximum absolute atomic E-state index is 8.78. The Kier molecular flexibility index (Phi) is 1.33. The van der Waals surface area contributed by atoms with Gasteiger partial charge in [-0.2, -0.15) is 0 Å². The molecule has 5 heteroatoms. The van der Waals surface area contributed by atoms with Crippen LogP contribution in [0.15, 0.2) is 16.8 Å². The number of aliphatic hydroxyl groups excluding tert-OH is 1. The van der Waals surface area contributed by atoms with Crippen molar-refractivity contribution < 1.29 is 9.84 Å². The number of hydrogen-bond acceptors (Lipinski definition) is 5. The van der Waals surface area contributed by atoms with Gasteiger partial charge >= 0.3 is 0 Å². The Hall–Kier alpha value is -1.07. The molecule has 60 valence electrons. The number of rotatable bonds is 1. The lowest BCUT2D eigenvalue weighted by atomic mass is 10.3. The molecule has 0 aromatic carbocycles. The predicted molar refractivity (Wildman–Crippen MR) is 38.6 cm³/mol. The van der Waals surface area contributed by atoms with Gasteiger partial charge in [0.25, 0.3) is 0 Å². The van der Waals surface area contributed by atoms with Gasteiger partial charge in [0.15, 0.2) is 12.5 Å². The molecule has 0 radical (unpaired) electrons. The van der Waals surface area contributed by atoms with Crippen molar-refractivity contribution in [2.45, 2.75) is 12.5 Å². The van der Waals surface area contributed by atoms with Crippen LogP contribution in [0.1, 0.15) is 0 Å². The summed E-state index contributed by atoms with van der Waals surface area (Å²) in [6.45, 7) is -0.0955. The molecule has 0 spiro atoms. The Bertz CT molecular complexity index is 236. The molecule has 2 aliphatic heterocycles. The van der Waals surface area contributed by atoms with Crippen LogP contribution in [-0.2, 0) is 4.74 Å².